The summed E-state index contributed by atoms with van der Waals surface area (Å²) in [5.41, 5.74) is 0.411. The van der Waals surface area contributed by atoms with E-state index >= 15 is 0 Å². The summed E-state index contributed by atoms with van der Waals surface area (Å²) in [5.74, 6) is -0.632. The Kier molecular flexibility index (Phi) is 6.30. The van der Waals surface area contributed by atoms with Crippen LogP contribution in [0.3, 0.4) is 0 Å². The number of carboxylic acid groups (broad SMARTS) is 1. The van der Waals surface area contributed by atoms with Crippen molar-refractivity contribution in [3.63, 3.8) is 0 Å². The molecule has 0 heterocycles. The van der Waals surface area contributed by atoms with Crippen LogP contribution < -0.4 is 9.46 Å². The number of aliphatic carboxylic acids is 1. The lowest BCUT2D eigenvalue weighted by molar-refractivity contribution is -0.137. The number of benzene rings is 1. The minimum absolute atomic E-state index is 0.0801. The SMILES string of the molecule is CCCOc1cccc(NS(=O)(=O)CCCC(=O)O)c1. The van der Waals surface area contributed by atoms with Gasteiger partial charge in [0, 0.05) is 12.5 Å². The molecular weight excluding hydrogens is 282 g/mol. The summed E-state index contributed by atoms with van der Waals surface area (Å²) in [7, 11) is -3.54. The van der Waals surface area contributed by atoms with Gasteiger partial charge in [0.15, 0.2) is 0 Å². The number of ether oxygens (including phenoxy) is 1. The molecule has 0 aliphatic heterocycles. The number of rotatable bonds is 9. The highest BCUT2D eigenvalue weighted by molar-refractivity contribution is 7.92. The molecule has 112 valence electrons. The Balaban J connectivity index is 2.60. The Morgan fingerprint density at radius 3 is 2.80 bits per heavy atom. The number of carboxylic acids is 1. The standard InChI is InChI=1S/C13H19NO5S/c1-2-8-19-12-6-3-5-11(10-12)14-20(17,18)9-4-7-13(15)16/h3,5-6,10,14H,2,4,7-9H2,1H3,(H,15,16). The number of sulfonamides is 1. The second-order valence-electron chi connectivity index (χ2n) is 4.29. The quantitative estimate of drug-likeness (QED) is 0.728. The van der Waals surface area contributed by atoms with Crippen molar-refractivity contribution in [3.8, 4) is 5.75 Å². The van der Waals surface area contributed by atoms with Crippen molar-refractivity contribution in [3.05, 3.63) is 24.3 Å². The lowest BCUT2D eigenvalue weighted by Gasteiger charge is -2.09. The molecule has 0 bridgehead atoms. The fourth-order valence-corrected chi connectivity index (χ4v) is 2.63. The van der Waals surface area contributed by atoms with Gasteiger partial charge in [-0.25, -0.2) is 8.42 Å². The Hall–Kier alpha value is -1.76. The third kappa shape index (κ3) is 6.42. The summed E-state index contributed by atoms with van der Waals surface area (Å²) in [6, 6.07) is 6.66. The van der Waals surface area contributed by atoms with E-state index in [-0.39, 0.29) is 18.6 Å². The van der Waals surface area contributed by atoms with E-state index in [0.717, 1.165) is 6.42 Å². The van der Waals surface area contributed by atoms with Crippen molar-refractivity contribution in [2.24, 2.45) is 0 Å². The molecule has 0 aromatic heterocycles. The van der Waals surface area contributed by atoms with E-state index < -0.39 is 16.0 Å². The first kappa shape index (κ1) is 16.3. The molecule has 0 spiro atoms. The smallest absolute Gasteiger partial charge is 0.303 e. The maximum Gasteiger partial charge on any atom is 0.303 e. The Labute approximate surface area is 118 Å². The predicted octanol–water partition coefficient (Wildman–Crippen LogP) is 2.08. The molecule has 0 aliphatic carbocycles. The van der Waals surface area contributed by atoms with Crippen LogP contribution in [0.4, 0.5) is 5.69 Å². The largest absolute Gasteiger partial charge is 0.494 e. The number of hydrogen-bond donors (Lipinski definition) is 2. The number of anilines is 1. The monoisotopic (exact) mass is 301 g/mol. The second kappa shape index (κ2) is 7.74. The van der Waals surface area contributed by atoms with Crippen LogP contribution >= 0.6 is 0 Å². The first-order valence-corrected chi connectivity index (χ1v) is 8.03. The highest BCUT2D eigenvalue weighted by atomic mass is 32.2. The van der Waals surface area contributed by atoms with Gasteiger partial charge in [0.25, 0.3) is 0 Å². The van der Waals surface area contributed by atoms with Crippen molar-refractivity contribution < 1.29 is 23.1 Å². The first-order chi connectivity index (χ1) is 9.43. The summed E-state index contributed by atoms with van der Waals surface area (Å²) in [5, 5.41) is 8.49. The Bertz CT molecular complexity index is 541. The number of hydrogen-bond acceptors (Lipinski definition) is 4. The number of nitrogens with one attached hydrogen (secondary N) is 1. The van der Waals surface area contributed by atoms with Crippen molar-refractivity contribution in [2.45, 2.75) is 26.2 Å². The van der Waals surface area contributed by atoms with Gasteiger partial charge in [-0.15, -0.1) is 0 Å². The lowest BCUT2D eigenvalue weighted by Crippen LogP contribution is -2.17. The first-order valence-electron chi connectivity index (χ1n) is 6.38. The van der Waals surface area contributed by atoms with E-state index in [1.165, 1.54) is 0 Å². The molecule has 6 nitrogen and oxygen atoms in total. The topological polar surface area (TPSA) is 92.7 Å². The van der Waals surface area contributed by atoms with Crippen LogP contribution in [-0.2, 0) is 14.8 Å². The van der Waals surface area contributed by atoms with E-state index in [2.05, 4.69) is 4.72 Å². The van der Waals surface area contributed by atoms with E-state index in [9.17, 15) is 13.2 Å². The summed E-state index contributed by atoms with van der Waals surface area (Å²) in [4.78, 5) is 10.4. The van der Waals surface area contributed by atoms with Gasteiger partial charge in [0.2, 0.25) is 10.0 Å². The van der Waals surface area contributed by atoms with E-state index in [1.54, 1.807) is 24.3 Å². The third-order valence-corrected chi connectivity index (χ3v) is 3.76. The Morgan fingerprint density at radius 1 is 1.40 bits per heavy atom. The number of carbonyl (C=O) groups is 1. The molecule has 0 radical (unpaired) electrons. The van der Waals surface area contributed by atoms with Gasteiger partial charge in [-0.3, -0.25) is 9.52 Å². The zero-order valence-corrected chi connectivity index (χ0v) is 12.1. The van der Waals surface area contributed by atoms with Crippen molar-refractivity contribution in [1.29, 1.82) is 0 Å². The maximum atomic E-state index is 11.8. The fraction of sp³-hybridized carbons (Fsp3) is 0.462. The van der Waals surface area contributed by atoms with Gasteiger partial charge in [-0.1, -0.05) is 13.0 Å². The summed E-state index contributed by atoms with van der Waals surface area (Å²) < 4.78 is 31.3. The van der Waals surface area contributed by atoms with Crippen molar-refractivity contribution in [1.82, 2.24) is 0 Å². The molecule has 7 heteroatoms. The normalized spacial score (nSPS) is 11.1. The van der Waals surface area contributed by atoms with Crippen molar-refractivity contribution >= 4 is 21.7 Å². The zero-order valence-electron chi connectivity index (χ0n) is 11.3. The second-order valence-corrected chi connectivity index (χ2v) is 6.14. The van der Waals surface area contributed by atoms with Gasteiger partial charge < -0.3 is 9.84 Å². The van der Waals surface area contributed by atoms with Crippen molar-refractivity contribution in [2.75, 3.05) is 17.1 Å². The molecule has 1 aromatic rings. The van der Waals surface area contributed by atoms with Crippen LogP contribution in [0.2, 0.25) is 0 Å². The van der Waals surface area contributed by atoms with Crippen LogP contribution in [0.25, 0.3) is 0 Å². The molecule has 1 rings (SSSR count). The van der Waals surface area contributed by atoms with Crippen LogP contribution in [0.15, 0.2) is 24.3 Å². The van der Waals surface area contributed by atoms with Gasteiger partial charge >= 0.3 is 5.97 Å². The molecule has 20 heavy (non-hydrogen) atoms. The van der Waals surface area contributed by atoms with E-state index in [4.69, 9.17) is 9.84 Å². The molecule has 0 saturated heterocycles. The molecule has 0 atom stereocenters. The van der Waals surface area contributed by atoms with Crippen LogP contribution in [-0.4, -0.2) is 31.9 Å². The molecule has 0 amide bonds. The third-order valence-electron chi connectivity index (χ3n) is 2.38. The molecule has 0 fully saturated rings. The van der Waals surface area contributed by atoms with Gasteiger partial charge in [0.05, 0.1) is 18.0 Å². The minimum atomic E-state index is -3.54. The van der Waals surface area contributed by atoms with Gasteiger partial charge in [-0.05, 0) is 25.0 Å². The predicted molar refractivity (Wildman–Crippen MR) is 76.5 cm³/mol. The molecule has 0 unspecified atom stereocenters. The molecular formula is C13H19NO5S. The van der Waals surface area contributed by atoms with Gasteiger partial charge in [-0.2, -0.15) is 0 Å². The van der Waals surface area contributed by atoms with E-state index in [0.29, 0.717) is 18.0 Å². The summed E-state index contributed by atoms with van der Waals surface area (Å²) in [6.07, 6.45) is 0.780. The zero-order chi connectivity index (χ0) is 15.0. The van der Waals surface area contributed by atoms with Crippen LogP contribution in [0.5, 0.6) is 5.75 Å². The molecule has 2 N–H and O–H groups in total. The van der Waals surface area contributed by atoms with E-state index in [1.807, 2.05) is 6.92 Å². The summed E-state index contributed by atoms with van der Waals surface area (Å²) in [6.45, 7) is 2.55. The average molecular weight is 301 g/mol. The molecule has 1 aromatic carbocycles. The molecule has 0 aliphatic rings. The van der Waals surface area contributed by atoms with Gasteiger partial charge in [0.1, 0.15) is 5.75 Å². The maximum absolute atomic E-state index is 11.8. The van der Waals surface area contributed by atoms with Crippen LogP contribution in [0, 0.1) is 0 Å². The Morgan fingerprint density at radius 2 is 2.15 bits per heavy atom. The average Bonchev–Trinajstić information content (AvgIpc) is 2.35. The highest BCUT2D eigenvalue weighted by Crippen LogP contribution is 2.18. The van der Waals surface area contributed by atoms with Crippen LogP contribution in [0.1, 0.15) is 26.2 Å². The fourth-order valence-electron chi connectivity index (χ4n) is 1.51. The highest BCUT2D eigenvalue weighted by Gasteiger charge is 2.11. The summed E-state index contributed by atoms with van der Waals surface area (Å²) >= 11 is 0. The lowest BCUT2D eigenvalue weighted by atomic mass is 10.3. The molecule has 0 saturated carbocycles. The minimum Gasteiger partial charge on any atom is -0.494 e.